The zero-order chi connectivity index (χ0) is 20.1. The van der Waals surface area contributed by atoms with Crippen LogP contribution in [0.15, 0.2) is 69.6 Å². The fourth-order valence-electron chi connectivity index (χ4n) is 2.93. The topological polar surface area (TPSA) is 76.7 Å². The molecule has 1 aliphatic heterocycles. The van der Waals surface area contributed by atoms with Crippen LogP contribution in [0.5, 0.6) is 5.75 Å². The highest BCUT2D eigenvalue weighted by Crippen LogP contribution is 2.32. The van der Waals surface area contributed by atoms with Crippen molar-refractivity contribution in [2.24, 2.45) is 0 Å². The Kier molecular flexibility index (Phi) is 6.26. The van der Waals surface area contributed by atoms with Gasteiger partial charge in [-0.25, -0.2) is 9.59 Å². The lowest BCUT2D eigenvalue weighted by atomic mass is 9.96. The zero-order valence-electron chi connectivity index (χ0n) is 15.9. The van der Waals surface area contributed by atoms with Crippen LogP contribution in [-0.4, -0.2) is 25.7 Å². The van der Waals surface area contributed by atoms with Crippen LogP contribution >= 0.6 is 11.8 Å². The van der Waals surface area contributed by atoms with Gasteiger partial charge < -0.3 is 20.1 Å². The highest BCUT2D eigenvalue weighted by molar-refractivity contribution is 7.99. The van der Waals surface area contributed by atoms with E-state index in [9.17, 15) is 9.59 Å². The van der Waals surface area contributed by atoms with Crippen LogP contribution in [0.3, 0.4) is 0 Å². The van der Waals surface area contributed by atoms with Crippen molar-refractivity contribution in [3.05, 3.63) is 65.4 Å². The van der Waals surface area contributed by atoms with Gasteiger partial charge >= 0.3 is 12.0 Å². The van der Waals surface area contributed by atoms with Crippen LogP contribution in [-0.2, 0) is 9.53 Å². The van der Waals surface area contributed by atoms with Gasteiger partial charge in [-0.2, -0.15) is 0 Å². The third-order valence-electron chi connectivity index (χ3n) is 4.27. The van der Waals surface area contributed by atoms with Gasteiger partial charge in [0.2, 0.25) is 0 Å². The number of amides is 2. The van der Waals surface area contributed by atoms with Crippen molar-refractivity contribution in [1.82, 2.24) is 10.6 Å². The SMILES string of the molecule is CCOC(=O)C1=C(C)NC(=O)NC1c1ccc(Sc2ccc(OC)cc2)cc1. The molecule has 0 aromatic heterocycles. The number of hydrogen-bond donors (Lipinski definition) is 2. The van der Waals surface area contributed by atoms with Gasteiger partial charge in [-0.05, 0) is 55.8 Å². The van der Waals surface area contributed by atoms with Crippen LogP contribution < -0.4 is 15.4 Å². The summed E-state index contributed by atoms with van der Waals surface area (Å²) in [6.45, 7) is 3.72. The van der Waals surface area contributed by atoms with Gasteiger partial charge in [-0.15, -0.1) is 0 Å². The van der Waals surface area contributed by atoms with E-state index in [0.29, 0.717) is 11.3 Å². The Morgan fingerprint density at radius 2 is 1.68 bits per heavy atom. The first-order chi connectivity index (χ1) is 13.5. The molecule has 146 valence electrons. The molecule has 2 amide bonds. The second kappa shape index (κ2) is 8.84. The second-order valence-electron chi connectivity index (χ2n) is 6.14. The van der Waals surface area contributed by atoms with E-state index in [2.05, 4.69) is 10.6 Å². The minimum atomic E-state index is -0.548. The smallest absolute Gasteiger partial charge is 0.338 e. The summed E-state index contributed by atoms with van der Waals surface area (Å²) in [7, 11) is 1.64. The van der Waals surface area contributed by atoms with Crippen LogP contribution in [0.4, 0.5) is 4.79 Å². The average molecular weight is 398 g/mol. The standard InChI is InChI=1S/C21H22N2O4S/c1-4-27-20(24)18-13(2)22-21(25)23-19(18)14-5-9-16(10-6-14)28-17-11-7-15(26-3)8-12-17/h5-12,19H,4H2,1-3H3,(H2,22,23,25). The van der Waals surface area contributed by atoms with Gasteiger partial charge in [0.1, 0.15) is 5.75 Å². The van der Waals surface area contributed by atoms with Crippen LogP contribution in [0.2, 0.25) is 0 Å². The van der Waals surface area contributed by atoms with Gasteiger partial charge in [0.25, 0.3) is 0 Å². The van der Waals surface area contributed by atoms with Crippen molar-refractivity contribution in [2.45, 2.75) is 29.7 Å². The number of rotatable bonds is 6. The molecule has 3 rings (SSSR count). The first-order valence-corrected chi connectivity index (χ1v) is 9.70. The van der Waals surface area contributed by atoms with Crippen LogP contribution in [0.1, 0.15) is 25.5 Å². The number of methoxy groups -OCH3 is 1. The molecule has 1 atom stereocenters. The third-order valence-corrected chi connectivity index (χ3v) is 5.29. The summed E-state index contributed by atoms with van der Waals surface area (Å²) < 4.78 is 10.3. The molecule has 0 spiro atoms. The van der Waals surface area contributed by atoms with Crippen molar-refractivity contribution < 1.29 is 19.1 Å². The number of hydrogen-bond acceptors (Lipinski definition) is 5. The lowest BCUT2D eigenvalue weighted by Crippen LogP contribution is -2.45. The van der Waals surface area contributed by atoms with E-state index in [0.717, 1.165) is 21.1 Å². The molecular weight excluding hydrogens is 376 g/mol. The highest BCUT2D eigenvalue weighted by atomic mass is 32.2. The number of carbonyl (C=O) groups is 2. The summed E-state index contributed by atoms with van der Waals surface area (Å²) in [5, 5.41) is 5.44. The second-order valence-corrected chi connectivity index (χ2v) is 7.28. The average Bonchev–Trinajstić information content (AvgIpc) is 2.68. The van der Waals surface area contributed by atoms with Crippen molar-refractivity contribution in [3.8, 4) is 5.75 Å². The monoisotopic (exact) mass is 398 g/mol. The largest absolute Gasteiger partial charge is 0.497 e. The summed E-state index contributed by atoms with van der Waals surface area (Å²) in [4.78, 5) is 26.4. The Bertz CT molecular complexity index is 892. The van der Waals surface area contributed by atoms with Crippen molar-refractivity contribution in [2.75, 3.05) is 13.7 Å². The lowest BCUT2D eigenvalue weighted by Gasteiger charge is -2.28. The van der Waals surface area contributed by atoms with Gasteiger partial charge in [0, 0.05) is 15.5 Å². The normalized spacial score (nSPS) is 16.2. The van der Waals surface area contributed by atoms with Gasteiger partial charge in [0.15, 0.2) is 0 Å². The molecule has 1 heterocycles. The number of benzene rings is 2. The van der Waals surface area contributed by atoms with Gasteiger partial charge in [-0.1, -0.05) is 23.9 Å². The predicted molar refractivity (Wildman–Crippen MR) is 107 cm³/mol. The van der Waals surface area contributed by atoms with E-state index in [4.69, 9.17) is 9.47 Å². The van der Waals surface area contributed by atoms with Crippen molar-refractivity contribution in [3.63, 3.8) is 0 Å². The van der Waals surface area contributed by atoms with E-state index in [1.807, 2.05) is 48.5 Å². The molecule has 2 aromatic carbocycles. The summed E-state index contributed by atoms with van der Waals surface area (Å²) in [5.74, 6) is 0.379. The van der Waals surface area contributed by atoms with E-state index < -0.39 is 12.0 Å². The minimum absolute atomic E-state index is 0.272. The van der Waals surface area contributed by atoms with Gasteiger partial charge in [-0.3, -0.25) is 0 Å². The molecule has 0 fully saturated rings. The van der Waals surface area contributed by atoms with Gasteiger partial charge in [0.05, 0.1) is 25.3 Å². The predicted octanol–water partition coefficient (Wildman–Crippen LogP) is 4.04. The van der Waals surface area contributed by atoms with Crippen LogP contribution in [0.25, 0.3) is 0 Å². The maximum absolute atomic E-state index is 12.4. The Hall–Kier alpha value is -2.93. The summed E-state index contributed by atoms with van der Waals surface area (Å²) >= 11 is 1.62. The lowest BCUT2D eigenvalue weighted by molar-refractivity contribution is -0.139. The molecule has 0 aliphatic carbocycles. The third kappa shape index (κ3) is 4.48. The summed E-state index contributed by atoms with van der Waals surface area (Å²) in [6.07, 6.45) is 0. The zero-order valence-corrected chi connectivity index (χ0v) is 16.8. The summed E-state index contributed by atoms with van der Waals surface area (Å²) in [5.41, 5.74) is 1.73. The molecular formula is C21H22N2O4S. The number of urea groups is 1. The molecule has 0 saturated carbocycles. The molecule has 2 N–H and O–H groups in total. The van der Waals surface area contributed by atoms with Crippen LogP contribution in [0, 0.1) is 0 Å². The number of ether oxygens (including phenoxy) is 2. The molecule has 7 heteroatoms. The first kappa shape index (κ1) is 19.8. The number of carbonyl (C=O) groups excluding carboxylic acids is 2. The first-order valence-electron chi connectivity index (χ1n) is 8.89. The maximum atomic E-state index is 12.4. The molecule has 0 saturated heterocycles. The maximum Gasteiger partial charge on any atom is 0.338 e. The quantitative estimate of drug-likeness (QED) is 0.719. The number of allylic oxidation sites excluding steroid dienone is 1. The Labute approximate surface area is 168 Å². The molecule has 2 aromatic rings. The molecule has 0 radical (unpaired) electrons. The number of esters is 1. The number of nitrogens with one attached hydrogen (secondary N) is 2. The van der Waals surface area contributed by atoms with E-state index in [1.165, 1.54) is 0 Å². The molecule has 6 nitrogen and oxygen atoms in total. The van der Waals surface area contributed by atoms with E-state index in [1.54, 1.807) is 32.7 Å². The molecule has 1 aliphatic rings. The fourth-order valence-corrected chi connectivity index (χ4v) is 3.75. The summed E-state index contributed by atoms with van der Waals surface area (Å²) in [6, 6.07) is 14.7. The fraction of sp³-hybridized carbons (Fsp3) is 0.238. The highest BCUT2D eigenvalue weighted by Gasteiger charge is 2.31. The molecule has 0 bridgehead atoms. The molecule has 1 unspecified atom stereocenters. The van der Waals surface area contributed by atoms with E-state index in [-0.39, 0.29) is 12.6 Å². The molecule has 28 heavy (non-hydrogen) atoms. The Balaban J connectivity index is 1.81. The Morgan fingerprint density at radius 1 is 1.07 bits per heavy atom. The van der Waals surface area contributed by atoms with Crippen molar-refractivity contribution in [1.29, 1.82) is 0 Å². The Morgan fingerprint density at radius 3 is 2.25 bits per heavy atom. The van der Waals surface area contributed by atoms with E-state index >= 15 is 0 Å². The van der Waals surface area contributed by atoms with Crippen molar-refractivity contribution >= 4 is 23.8 Å². The minimum Gasteiger partial charge on any atom is -0.497 e.